The van der Waals surface area contributed by atoms with Gasteiger partial charge in [0, 0.05) is 18.1 Å². The number of halogens is 5. The fourth-order valence-corrected chi connectivity index (χ4v) is 6.17. The molecule has 13 heteroatoms. The van der Waals surface area contributed by atoms with Gasteiger partial charge in [0.25, 0.3) is 10.0 Å². The van der Waals surface area contributed by atoms with Crippen LogP contribution < -0.4 is 9.62 Å². The van der Waals surface area contributed by atoms with Crippen molar-refractivity contribution in [1.82, 2.24) is 10.2 Å². The molecule has 0 fully saturated rings. The summed E-state index contributed by atoms with van der Waals surface area (Å²) in [6.45, 7) is 3.02. The van der Waals surface area contributed by atoms with Crippen LogP contribution in [0.4, 0.5) is 18.9 Å². The number of nitrogens with zero attached hydrogens (tertiary/aromatic N) is 2. The Hall–Kier alpha value is -3.28. The molecule has 0 radical (unpaired) electrons. The fourth-order valence-electron chi connectivity index (χ4n) is 4.33. The molecule has 0 aliphatic rings. The summed E-state index contributed by atoms with van der Waals surface area (Å²) in [5, 5.41) is 2.95. The van der Waals surface area contributed by atoms with Crippen molar-refractivity contribution >= 4 is 50.7 Å². The van der Waals surface area contributed by atoms with Crippen molar-refractivity contribution in [3.8, 4) is 0 Å². The smallest absolute Gasteiger partial charge is 0.354 e. The molecule has 0 saturated heterocycles. The zero-order chi connectivity index (χ0) is 31.8. The highest BCUT2D eigenvalue weighted by Gasteiger charge is 2.37. The number of carbonyl (C=O) groups excluding carboxylic acids is 2. The molecule has 0 heterocycles. The summed E-state index contributed by atoms with van der Waals surface area (Å²) in [5.41, 5.74) is -1.07. The Labute approximate surface area is 259 Å². The SMILES string of the molecule is CCCCNC(=O)[C@@H](CC)N(Cc1ccc(Cl)cc1)C(=O)CN(c1cc(C(F)(F)F)ccc1Cl)S(=O)(=O)c1ccccc1. The molecule has 0 aromatic heterocycles. The molecule has 7 nitrogen and oxygen atoms in total. The van der Waals surface area contributed by atoms with Crippen molar-refractivity contribution in [2.75, 3.05) is 17.4 Å². The predicted octanol–water partition coefficient (Wildman–Crippen LogP) is 6.93. The Morgan fingerprint density at radius 1 is 0.953 bits per heavy atom. The number of alkyl halides is 3. The quantitative estimate of drug-likeness (QED) is 0.202. The minimum Gasteiger partial charge on any atom is -0.354 e. The average Bonchev–Trinajstić information content (AvgIpc) is 2.97. The zero-order valence-electron chi connectivity index (χ0n) is 23.6. The number of hydrogen-bond donors (Lipinski definition) is 1. The molecular weight excluding hydrogens is 626 g/mol. The summed E-state index contributed by atoms with van der Waals surface area (Å²) in [5.74, 6) is -1.26. The maximum absolute atomic E-state index is 14.1. The molecule has 0 aliphatic carbocycles. The molecule has 1 N–H and O–H groups in total. The van der Waals surface area contributed by atoms with Gasteiger partial charge in [0.05, 0.1) is 21.2 Å². The number of nitrogens with one attached hydrogen (secondary N) is 1. The van der Waals surface area contributed by atoms with E-state index in [9.17, 15) is 31.2 Å². The molecule has 3 rings (SSSR count). The van der Waals surface area contributed by atoms with Crippen molar-refractivity contribution in [2.24, 2.45) is 0 Å². The number of carbonyl (C=O) groups is 2. The van der Waals surface area contributed by atoms with E-state index < -0.39 is 51.9 Å². The van der Waals surface area contributed by atoms with Crippen molar-refractivity contribution in [3.63, 3.8) is 0 Å². The largest absolute Gasteiger partial charge is 0.416 e. The number of rotatable bonds is 13. The van der Waals surface area contributed by atoms with Gasteiger partial charge in [-0.1, -0.05) is 73.8 Å². The van der Waals surface area contributed by atoms with E-state index in [1.54, 1.807) is 37.3 Å². The van der Waals surface area contributed by atoms with Gasteiger partial charge in [-0.05, 0) is 60.9 Å². The number of amides is 2. The zero-order valence-corrected chi connectivity index (χ0v) is 25.9. The number of anilines is 1. The molecule has 43 heavy (non-hydrogen) atoms. The Morgan fingerprint density at radius 2 is 1.60 bits per heavy atom. The van der Waals surface area contributed by atoms with Crippen LogP contribution >= 0.6 is 23.2 Å². The van der Waals surface area contributed by atoms with E-state index >= 15 is 0 Å². The van der Waals surface area contributed by atoms with Crippen molar-refractivity contribution in [2.45, 2.75) is 56.8 Å². The first kappa shape index (κ1) is 34.2. The van der Waals surface area contributed by atoms with Gasteiger partial charge < -0.3 is 10.2 Å². The average molecular weight is 659 g/mol. The summed E-state index contributed by atoms with van der Waals surface area (Å²) >= 11 is 12.3. The molecule has 3 aromatic carbocycles. The highest BCUT2D eigenvalue weighted by atomic mass is 35.5. The van der Waals surface area contributed by atoms with E-state index in [1.165, 1.54) is 29.2 Å². The first-order valence-electron chi connectivity index (χ1n) is 13.6. The van der Waals surface area contributed by atoms with Gasteiger partial charge in [-0.3, -0.25) is 13.9 Å². The maximum Gasteiger partial charge on any atom is 0.416 e. The molecule has 0 saturated carbocycles. The Morgan fingerprint density at radius 3 is 2.19 bits per heavy atom. The second kappa shape index (κ2) is 14.9. The molecular formula is C30H32Cl2F3N3O4S. The van der Waals surface area contributed by atoms with Gasteiger partial charge in [0.2, 0.25) is 11.8 Å². The van der Waals surface area contributed by atoms with Gasteiger partial charge in [0.1, 0.15) is 12.6 Å². The number of unbranched alkanes of at least 4 members (excludes halogenated alkanes) is 1. The molecule has 232 valence electrons. The highest BCUT2D eigenvalue weighted by Crippen LogP contribution is 2.37. The maximum atomic E-state index is 14.1. The van der Waals surface area contributed by atoms with E-state index in [-0.39, 0.29) is 22.9 Å². The van der Waals surface area contributed by atoms with Crippen LogP contribution in [0.1, 0.15) is 44.2 Å². The van der Waals surface area contributed by atoms with Crippen LogP contribution in [0.15, 0.2) is 77.7 Å². The summed E-state index contributed by atoms with van der Waals surface area (Å²) in [4.78, 5) is 28.2. The minimum absolute atomic E-state index is 0.0920. The van der Waals surface area contributed by atoms with Gasteiger partial charge in [0.15, 0.2) is 0 Å². The topological polar surface area (TPSA) is 86.8 Å². The predicted molar refractivity (Wildman–Crippen MR) is 161 cm³/mol. The summed E-state index contributed by atoms with van der Waals surface area (Å²) in [6, 6.07) is 14.8. The standard InChI is InChI=1S/C30H32Cl2F3N3O4S/c1-3-5-17-36-29(40)26(4-2)37(19-21-11-14-23(31)15-12-21)28(39)20-38(43(41,42)24-9-7-6-8-10-24)27-18-22(30(33,34)35)13-16-25(27)32/h6-16,18,26H,3-5,17,19-20H2,1-2H3,(H,36,40)/t26-/m1/s1. The van der Waals surface area contributed by atoms with Gasteiger partial charge in [-0.25, -0.2) is 8.42 Å². The first-order valence-corrected chi connectivity index (χ1v) is 15.7. The molecule has 0 aliphatic heterocycles. The number of benzene rings is 3. The van der Waals surface area contributed by atoms with E-state index in [0.717, 1.165) is 18.6 Å². The lowest BCUT2D eigenvalue weighted by atomic mass is 10.1. The molecule has 0 spiro atoms. The molecule has 0 bridgehead atoms. The third kappa shape index (κ3) is 8.87. The molecule has 3 aromatic rings. The third-order valence-corrected chi connectivity index (χ3v) is 8.98. The number of sulfonamides is 1. The van der Waals surface area contributed by atoms with Crippen LogP contribution in [-0.2, 0) is 32.3 Å². The lowest BCUT2D eigenvalue weighted by Gasteiger charge is -2.33. The van der Waals surface area contributed by atoms with Crippen LogP contribution in [0.5, 0.6) is 0 Å². The Balaban J connectivity index is 2.12. The van der Waals surface area contributed by atoms with Gasteiger partial charge in [-0.2, -0.15) is 13.2 Å². The van der Waals surface area contributed by atoms with Crippen LogP contribution in [-0.4, -0.2) is 44.3 Å². The van der Waals surface area contributed by atoms with Gasteiger partial charge >= 0.3 is 6.18 Å². The third-order valence-electron chi connectivity index (χ3n) is 6.63. The fraction of sp³-hybridized carbons (Fsp3) is 0.333. The lowest BCUT2D eigenvalue weighted by molar-refractivity contribution is -0.140. The van der Waals surface area contributed by atoms with E-state index in [0.29, 0.717) is 33.9 Å². The van der Waals surface area contributed by atoms with Crippen molar-refractivity contribution in [3.05, 3.63) is 94.0 Å². The van der Waals surface area contributed by atoms with E-state index in [1.807, 2.05) is 6.92 Å². The van der Waals surface area contributed by atoms with E-state index in [4.69, 9.17) is 23.2 Å². The van der Waals surface area contributed by atoms with Crippen LogP contribution in [0.2, 0.25) is 10.0 Å². The first-order chi connectivity index (χ1) is 20.3. The number of hydrogen-bond acceptors (Lipinski definition) is 4. The van der Waals surface area contributed by atoms with Crippen LogP contribution in [0, 0.1) is 0 Å². The lowest BCUT2D eigenvalue weighted by Crippen LogP contribution is -2.52. The minimum atomic E-state index is -4.81. The van der Waals surface area contributed by atoms with Crippen LogP contribution in [0.3, 0.4) is 0 Å². The summed E-state index contributed by atoms with van der Waals surface area (Å²) in [7, 11) is -4.60. The van der Waals surface area contributed by atoms with Crippen LogP contribution in [0.25, 0.3) is 0 Å². The van der Waals surface area contributed by atoms with Gasteiger partial charge in [-0.15, -0.1) is 0 Å². The molecule has 0 unspecified atom stereocenters. The Bertz CT molecular complexity index is 1510. The highest BCUT2D eigenvalue weighted by molar-refractivity contribution is 7.92. The molecule has 2 amide bonds. The second-order valence-electron chi connectivity index (χ2n) is 9.71. The van der Waals surface area contributed by atoms with Crippen molar-refractivity contribution < 1.29 is 31.2 Å². The normalized spacial score (nSPS) is 12.4. The summed E-state index contributed by atoms with van der Waals surface area (Å²) < 4.78 is 69.3. The summed E-state index contributed by atoms with van der Waals surface area (Å²) in [6.07, 6.45) is -3.08. The van der Waals surface area contributed by atoms with Crippen molar-refractivity contribution in [1.29, 1.82) is 0 Å². The van der Waals surface area contributed by atoms with E-state index in [2.05, 4.69) is 5.32 Å². The monoisotopic (exact) mass is 657 g/mol. The second-order valence-corrected chi connectivity index (χ2v) is 12.4. The Kier molecular flexibility index (Phi) is 11.9. The molecule has 1 atom stereocenters.